The minimum atomic E-state index is -4.71. The molecule has 0 unspecified atom stereocenters. The van der Waals surface area contributed by atoms with Crippen molar-refractivity contribution in [3.63, 3.8) is 0 Å². The Morgan fingerprint density at radius 3 is 2.14 bits per heavy atom. The molecule has 1 saturated heterocycles. The molecule has 2 aliphatic rings. The summed E-state index contributed by atoms with van der Waals surface area (Å²) in [6, 6.07) is 18.9. The highest BCUT2D eigenvalue weighted by molar-refractivity contribution is 5.94. The maximum Gasteiger partial charge on any atom is 0.573 e. The van der Waals surface area contributed by atoms with Crippen molar-refractivity contribution in [3.8, 4) is 17.2 Å². The summed E-state index contributed by atoms with van der Waals surface area (Å²) in [5.74, 6) is 1.31. The minimum absolute atomic E-state index is 0.0663. The molecular weight excluding hydrogens is 561 g/mol. The van der Waals surface area contributed by atoms with Crippen molar-refractivity contribution >= 4 is 5.91 Å². The number of carbonyl (C=O) groups excluding carboxylic acids is 1. The highest BCUT2D eigenvalue weighted by atomic mass is 19.4. The number of hydrogen-bond acceptors (Lipinski definition) is 6. The number of nitrogens with zero attached hydrogens (tertiary/aromatic N) is 2. The fraction of sp³-hybridized carbons (Fsp3) is 0.424. The molecule has 0 bridgehead atoms. The van der Waals surface area contributed by atoms with Crippen LogP contribution in [0.1, 0.15) is 58.6 Å². The highest BCUT2D eigenvalue weighted by Gasteiger charge is 2.31. The number of aliphatic hydroxyl groups excluding tert-OH is 1. The fourth-order valence-corrected chi connectivity index (χ4v) is 5.85. The second-order valence-corrected chi connectivity index (χ2v) is 11.1. The van der Waals surface area contributed by atoms with Gasteiger partial charge in [0.05, 0.1) is 12.7 Å². The van der Waals surface area contributed by atoms with Crippen molar-refractivity contribution in [2.75, 3.05) is 33.3 Å². The molecular formula is C33H37F3N2O5. The van der Waals surface area contributed by atoms with Crippen molar-refractivity contribution in [1.29, 1.82) is 0 Å². The standard InChI is InChI=1S/C33H37F3N2O5/c1-41-28-11-4-24(5-12-28)26-8-15-31(27(20-26)22-39)42-29-13-6-25(7-14-29)32(40)38-18-16-37(17-19-38)21-23-2-9-30(10-3-23)43-33(34,35)36/h2-3,6-10,13-15,20,24,28,39H,4-5,11-12,16-19,21-22H2,1H3. The molecule has 230 valence electrons. The molecule has 0 atom stereocenters. The molecule has 1 amide bonds. The molecule has 0 aromatic heterocycles. The summed E-state index contributed by atoms with van der Waals surface area (Å²) >= 11 is 0. The molecule has 43 heavy (non-hydrogen) atoms. The molecule has 1 aliphatic heterocycles. The predicted molar refractivity (Wildman–Crippen MR) is 155 cm³/mol. The van der Waals surface area contributed by atoms with Gasteiger partial charge in [0.25, 0.3) is 5.91 Å². The molecule has 0 spiro atoms. The van der Waals surface area contributed by atoms with Crippen molar-refractivity contribution in [2.45, 2.75) is 57.2 Å². The van der Waals surface area contributed by atoms with E-state index in [1.807, 2.05) is 12.1 Å². The number of alkyl halides is 3. The number of piperazine rings is 1. The molecule has 3 aromatic carbocycles. The van der Waals surface area contributed by atoms with E-state index in [-0.39, 0.29) is 18.3 Å². The van der Waals surface area contributed by atoms with E-state index in [0.29, 0.717) is 61.8 Å². The number of rotatable bonds is 9. The lowest BCUT2D eigenvalue weighted by Crippen LogP contribution is -2.48. The van der Waals surface area contributed by atoms with Crippen LogP contribution in [0.4, 0.5) is 13.2 Å². The molecule has 3 aromatic rings. The minimum Gasteiger partial charge on any atom is -0.457 e. The van der Waals surface area contributed by atoms with E-state index in [9.17, 15) is 23.1 Å². The molecule has 1 N–H and O–H groups in total. The summed E-state index contributed by atoms with van der Waals surface area (Å²) in [5, 5.41) is 10.0. The monoisotopic (exact) mass is 598 g/mol. The Labute approximate surface area is 249 Å². The zero-order valence-electron chi connectivity index (χ0n) is 24.2. The maximum absolute atomic E-state index is 13.1. The zero-order valence-corrected chi connectivity index (χ0v) is 24.2. The van der Waals surface area contributed by atoms with Crippen LogP contribution < -0.4 is 9.47 Å². The number of aliphatic hydroxyl groups is 1. The average molecular weight is 599 g/mol. The van der Waals surface area contributed by atoms with Crippen LogP contribution in [0.2, 0.25) is 0 Å². The summed E-state index contributed by atoms with van der Waals surface area (Å²) in [6.07, 6.45) is -0.179. The van der Waals surface area contributed by atoms with Crippen molar-refractivity contribution in [3.05, 3.63) is 89.0 Å². The van der Waals surface area contributed by atoms with Gasteiger partial charge >= 0.3 is 6.36 Å². The molecule has 10 heteroatoms. The van der Waals surface area contributed by atoms with Crippen LogP contribution in [-0.2, 0) is 17.9 Å². The SMILES string of the molecule is COC1CCC(c2ccc(Oc3ccc(C(=O)N4CCN(Cc5ccc(OC(F)(F)F)cc5)CC4)cc3)c(CO)c2)CC1. The number of halogens is 3. The van der Waals surface area contributed by atoms with Crippen LogP contribution in [0.5, 0.6) is 17.2 Å². The molecule has 2 fully saturated rings. The Balaban J connectivity index is 1.12. The molecule has 5 rings (SSSR count). The maximum atomic E-state index is 13.1. The predicted octanol–water partition coefficient (Wildman–Crippen LogP) is 6.50. The Morgan fingerprint density at radius 1 is 0.884 bits per heavy atom. The summed E-state index contributed by atoms with van der Waals surface area (Å²) in [7, 11) is 1.77. The smallest absolute Gasteiger partial charge is 0.457 e. The van der Waals surface area contributed by atoms with Gasteiger partial charge in [-0.1, -0.05) is 18.2 Å². The third kappa shape index (κ3) is 8.28. The number of benzene rings is 3. The van der Waals surface area contributed by atoms with Gasteiger partial charge in [-0.05, 0) is 91.3 Å². The van der Waals surface area contributed by atoms with Crippen molar-refractivity contribution in [1.82, 2.24) is 9.80 Å². The van der Waals surface area contributed by atoms with Crippen LogP contribution in [-0.4, -0.2) is 66.6 Å². The van der Waals surface area contributed by atoms with Crippen LogP contribution >= 0.6 is 0 Å². The van der Waals surface area contributed by atoms with Gasteiger partial charge in [0, 0.05) is 51.0 Å². The van der Waals surface area contributed by atoms with E-state index in [2.05, 4.69) is 15.7 Å². The number of ether oxygens (including phenoxy) is 3. The van der Waals surface area contributed by atoms with E-state index in [0.717, 1.165) is 36.8 Å². The lowest BCUT2D eigenvalue weighted by atomic mass is 9.82. The van der Waals surface area contributed by atoms with Crippen molar-refractivity contribution in [2.24, 2.45) is 0 Å². The average Bonchev–Trinajstić information content (AvgIpc) is 3.02. The first kappa shape index (κ1) is 30.8. The number of hydrogen-bond donors (Lipinski definition) is 1. The topological polar surface area (TPSA) is 71.5 Å². The lowest BCUT2D eigenvalue weighted by Gasteiger charge is -2.34. The van der Waals surface area contributed by atoms with Gasteiger partial charge in [0.15, 0.2) is 0 Å². The number of carbonyl (C=O) groups is 1. The van der Waals surface area contributed by atoms with E-state index >= 15 is 0 Å². The highest BCUT2D eigenvalue weighted by Crippen LogP contribution is 2.36. The van der Waals surface area contributed by atoms with E-state index in [1.165, 1.54) is 17.7 Å². The Kier molecular flexibility index (Phi) is 9.90. The first-order valence-corrected chi connectivity index (χ1v) is 14.6. The third-order valence-corrected chi connectivity index (χ3v) is 8.29. The van der Waals surface area contributed by atoms with Crippen LogP contribution in [0.25, 0.3) is 0 Å². The number of amides is 1. The fourth-order valence-electron chi connectivity index (χ4n) is 5.85. The van der Waals surface area contributed by atoms with Gasteiger partial charge in [0.2, 0.25) is 0 Å². The first-order chi connectivity index (χ1) is 20.7. The van der Waals surface area contributed by atoms with Gasteiger partial charge in [-0.25, -0.2) is 0 Å². The largest absolute Gasteiger partial charge is 0.573 e. The summed E-state index contributed by atoms with van der Waals surface area (Å²) in [6.45, 7) is 2.85. The molecule has 1 aliphatic carbocycles. The molecule has 0 radical (unpaired) electrons. The molecule has 1 heterocycles. The van der Waals surface area contributed by atoms with Crippen molar-refractivity contribution < 1.29 is 37.3 Å². The Morgan fingerprint density at radius 2 is 1.53 bits per heavy atom. The van der Waals surface area contributed by atoms with E-state index in [4.69, 9.17) is 9.47 Å². The van der Waals surface area contributed by atoms with Crippen LogP contribution in [0, 0.1) is 0 Å². The van der Waals surface area contributed by atoms with E-state index in [1.54, 1.807) is 48.4 Å². The Hall–Kier alpha value is -3.60. The summed E-state index contributed by atoms with van der Waals surface area (Å²) in [4.78, 5) is 17.1. The summed E-state index contributed by atoms with van der Waals surface area (Å²) < 4.78 is 52.6. The lowest BCUT2D eigenvalue weighted by molar-refractivity contribution is -0.274. The molecule has 1 saturated carbocycles. The van der Waals surface area contributed by atoms with Gasteiger partial charge in [0.1, 0.15) is 17.2 Å². The van der Waals surface area contributed by atoms with Gasteiger partial charge in [-0.3, -0.25) is 9.69 Å². The summed E-state index contributed by atoms with van der Waals surface area (Å²) in [5.41, 5.74) is 3.37. The molecule has 7 nitrogen and oxygen atoms in total. The van der Waals surface area contributed by atoms with Gasteiger partial charge in [-0.15, -0.1) is 13.2 Å². The van der Waals surface area contributed by atoms with Crippen LogP contribution in [0.15, 0.2) is 66.7 Å². The van der Waals surface area contributed by atoms with Crippen LogP contribution in [0.3, 0.4) is 0 Å². The normalized spacial score (nSPS) is 19.7. The second kappa shape index (κ2) is 13.8. The van der Waals surface area contributed by atoms with Gasteiger partial charge in [-0.2, -0.15) is 0 Å². The first-order valence-electron chi connectivity index (χ1n) is 14.6. The zero-order chi connectivity index (χ0) is 30.4. The van der Waals surface area contributed by atoms with Gasteiger partial charge < -0.3 is 24.2 Å². The number of methoxy groups -OCH3 is 1. The second-order valence-electron chi connectivity index (χ2n) is 11.1. The Bertz CT molecular complexity index is 1350. The quantitative estimate of drug-likeness (QED) is 0.303. The third-order valence-electron chi connectivity index (χ3n) is 8.29. The van der Waals surface area contributed by atoms with E-state index < -0.39 is 6.36 Å².